The van der Waals surface area contributed by atoms with E-state index in [9.17, 15) is 5.26 Å². The minimum atomic E-state index is 0.0115. The van der Waals surface area contributed by atoms with E-state index in [1.165, 1.54) is 92.5 Å². The average molecular weight is 713 g/mol. The predicted molar refractivity (Wildman–Crippen MR) is 238 cm³/mol. The molecule has 0 amide bonds. The monoisotopic (exact) mass is 712 g/mol. The number of rotatable bonds is 6. The van der Waals surface area contributed by atoms with Crippen LogP contribution in [0.5, 0.6) is 0 Å². The molecule has 0 N–H and O–H groups in total. The highest BCUT2D eigenvalue weighted by Crippen LogP contribution is 2.43. The number of nitrogens with zero attached hydrogens (tertiary/aromatic N) is 2. The van der Waals surface area contributed by atoms with E-state index < -0.39 is 0 Å². The summed E-state index contributed by atoms with van der Waals surface area (Å²) in [6.07, 6.45) is 0. The van der Waals surface area contributed by atoms with Gasteiger partial charge in [0, 0.05) is 11.4 Å². The number of hydrogen-bond acceptors (Lipinski definition) is 2. The summed E-state index contributed by atoms with van der Waals surface area (Å²) >= 11 is 0. The van der Waals surface area contributed by atoms with Crippen LogP contribution in [-0.2, 0) is 0 Å². The number of aryl methyl sites for hydroxylation is 1. The Morgan fingerprint density at radius 3 is 1.39 bits per heavy atom. The summed E-state index contributed by atoms with van der Waals surface area (Å²) in [7, 11) is 0. The maximum absolute atomic E-state index is 9.70. The second-order valence-corrected chi connectivity index (χ2v) is 15.3. The van der Waals surface area contributed by atoms with Gasteiger partial charge in [-0.3, -0.25) is 0 Å². The van der Waals surface area contributed by atoms with Crippen LogP contribution in [0, 0.1) is 18.3 Å². The van der Waals surface area contributed by atoms with E-state index in [4.69, 9.17) is 0 Å². The summed E-state index contributed by atoms with van der Waals surface area (Å²) in [5.41, 5.74) is 10.0. The standard InChI is InChI=1S/C54H36N2/c1-33-31-35(32-55)9-30-50(33)56(45-24-18-38(19-25-45)47-27-21-44-17-15-40-6-4-8-42-23-29-49(47)54(44)52(40)42)34(2)36-10-12-37(13-11-36)46-26-20-43-16-14-39-5-3-7-41-22-28-48(46)53(43)51(39)41/h3-31,34H,1-2H3. The highest BCUT2D eigenvalue weighted by Gasteiger charge is 2.22. The minimum Gasteiger partial charge on any atom is -0.334 e. The van der Waals surface area contributed by atoms with Gasteiger partial charge < -0.3 is 4.90 Å². The molecule has 0 aromatic heterocycles. The van der Waals surface area contributed by atoms with Crippen molar-refractivity contribution in [2.75, 3.05) is 4.90 Å². The van der Waals surface area contributed by atoms with Gasteiger partial charge in [0.15, 0.2) is 0 Å². The number of anilines is 2. The molecule has 0 saturated carbocycles. The van der Waals surface area contributed by atoms with E-state index in [2.05, 4.69) is 189 Å². The largest absolute Gasteiger partial charge is 0.334 e. The lowest BCUT2D eigenvalue weighted by atomic mass is 9.89. The maximum atomic E-state index is 9.70. The molecule has 0 saturated heterocycles. The molecule has 0 fully saturated rings. The number of hydrogen-bond donors (Lipinski definition) is 0. The molecule has 11 aromatic carbocycles. The lowest BCUT2D eigenvalue weighted by Gasteiger charge is -2.33. The molecule has 1 unspecified atom stereocenters. The van der Waals surface area contributed by atoms with E-state index in [0.29, 0.717) is 5.56 Å². The minimum absolute atomic E-state index is 0.0115. The molecule has 0 aliphatic heterocycles. The van der Waals surface area contributed by atoms with Gasteiger partial charge in [0.05, 0.1) is 17.7 Å². The first-order valence-electron chi connectivity index (χ1n) is 19.4. The van der Waals surface area contributed by atoms with Crippen molar-refractivity contribution in [1.82, 2.24) is 0 Å². The first-order chi connectivity index (χ1) is 27.5. The van der Waals surface area contributed by atoms with E-state index in [1.54, 1.807) is 0 Å². The first-order valence-corrected chi connectivity index (χ1v) is 19.4. The smallest absolute Gasteiger partial charge is 0.0991 e. The van der Waals surface area contributed by atoms with Gasteiger partial charge in [0.1, 0.15) is 0 Å². The SMILES string of the molecule is Cc1cc(C#N)ccc1N(c1ccc(-c2ccc3ccc4cccc5ccc2c3c45)cc1)C(C)c1ccc(-c2ccc3ccc4cccc5ccc2c3c45)cc1. The van der Waals surface area contributed by atoms with Gasteiger partial charge in [-0.1, -0.05) is 146 Å². The van der Waals surface area contributed by atoms with Crippen LogP contribution in [0.25, 0.3) is 86.9 Å². The summed E-state index contributed by atoms with van der Waals surface area (Å²) < 4.78 is 0. The van der Waals surface area contributed by atoms with Gasteiger partial charge >= 0.3 is 0 Å². The number of nitriles is 1. The zero-order valence-electron chi connectivity index (χ0n) is 31.2. The third-order valence-electron chi connectivity index (χ3n) is 12.2. The van der Waals surface area contributed by atoms with Gasteiger partial charge in [-0.15, -0.1) is 0 Å². The van der Waals surface area contributed by atoms with Crippen molar-refractivity contribution in [3.8, 4) is 28.3 Å². The molecule has 2 heteroatoms. The van der Waals surface area contributed by atoms with Crippen LogP contribution in [0.3, 0.4) is 0 Å². The van der Waals surface area contributed by atoms with Crippen molar-refractivity contribution in [1.29, 1.82) is 5.26 Å². The Morgan fingerprint density at radius 1 is 0.464 bits per heavy atom. The average Bonchev–Trinajstić information content (AvgIpc) is 3.25. The predicted octanol–water partition coefficient (Wildman–Crippen LogP) is 14.9. The van der Waals surface area contributed by atoms with Crippen molar-refractivity contribution in [2.24, 2.45) is 0 Å². The molecular formula is C54H36N2. The molecule has 0 aliphatic carbocycles. The molecule has 0 radical (unpaired) electrons. The second kappa shape index (κ2) is 12.4. The number of benzene rings is 11. The zero-order valence-corrected chi connectivity index (χ0v) is 31.2. The Labute approximate surface area is 325 Å². The molecule has 0 bridgehead atoms. The van der Waals surface area contributed by atoms with E-state index >= 15 is 0 Å². The fourth-order valence-electron chi connectivity index (χ4n) is 9.43. The quantitative estimate of drug-likeness (QED) is 0.161. The summed E-state index contributed by atoms with van der Waals surface area (Å²) in [5, 5.41) is 25.3. The third-order valence-corrected chi connectivity index (χ3v) is 12.2. The van der Waals surface area contributed by atoms with Crippen molar-refractivity contribution in [3.05, 3.63) is 193 Å². The van der Waals surface area contributed by atoms with Crippen LogP contribution >= 0.6 is 0 Å². The van der Waals surface area contributed by atoms with Gasteiger partial charge in [0.2, 0.25) is 0 Å². The Bertz CT molecular complexity index is 3300. The Balaban J connectivity index is 0.988. The molecule has 262 valence electrons. The normalized spacial score (nSPS) is 12.4. The van der Waals surface area contributed by atoms with Gasteiger partial charge in [-0.05, 0) is 142 Å². The highest BCUT2D eigenvalue weighted by molar-refractivity contribution is 6.26. The Kier molecular flexibility index (Phi) is 7.15. The maximum Gasteiger partial charge on any atom is 0.0991 e. The van der Waals surface area contributed by atoms with Crippen molar-refractivity contribution >= 4 is 76.0 Å². The van der Waals surface area contributed by atoms with Gasteiger partial charge in [-0.2, -0.15) is 5.26 Å². The fourth-order valence-corrected chi connectivity index (χ4v) is 9.43. The molecule has 0 aliphatic rings. The fraction of sp³-hybridized carbons (Fsp3) is 0.0556. The van der Waals surface area contributed by atoms with Crippen LogP contribution < -0.4 is 4.90 Å². The molecular weight excluding hydrogens is 677 g/mol. The first kappa shape index (κ1) is 32.2. The topological polar surface area (TPSA) is 27.0 Å². The van der Waals surface area contributed by atoms with E-state index in [0.717, 1.165) is 16.9 Å². The van der Waals surface area contributed by atoms with Crippen molar-refractivity contribution in [2.45, 2.75) is 19.9 Å². The summed E-state index contributed by atoms with van der Waals surface area (Å²) in [6.45, 7) is 4.38. The van der Waals surface area contributed by atoms with E-state index in [1.807, 2.05) is 12.1 Å². The molecule has 2 nitrogen and oxygen atoms in total. The molecule has 0 heterocycles. The molecule has 1 atom stereocenters. The van der Waals surface area contributed by atoms with E-state index in [-0.39, 0.29) is 6.04 Å². The van der Waals surface area contributed by atoms with Gasteiger partial charge in [0.25, 0.3) is 0 Å². The molecule has 0 spiro atoms. The zero-order chi connectivity index (χ0) is 37.5. The third kappa shape index (κ3) is 4.88. The van der Waals surface area contributed by atoms with Crippen molar-refractivity contribution in [3.63, 3.8) is 0 Å². The second-order valence-electron chi connectivity index (χ2n) is 15.3. The Morgan fingerprint density at radius 2 is 0.911 bits per heavy atom. The molecule has 56 heavy (non-hydrogen) atoms. The van der Waals surface area contributed by atoms with Crippen LogP contribution in [0.15, 0.2) is 176 Å². The summed E-state index contributed by atoms with van der Waals surface area (Å²) in [4.78, 5) is 2.41. The molecule has 11 aromatic rings. The molecule has 11 rings (SSSR count). The van der Waals surface area contributed by atoms with Gasteiger partial charge in [-0.25, -0.2) is 0 Å². The van der Waals surface area contributed by atoms with Crippen LogP contribution in [0.2, 0.25) is 0 Å². The highest BCUT2D eigenvalue weighted by atomic mass is 15.2. The van der Waals surface area contributed by atoms with Crippen LogP contribution in [0.4, 0.5) is 11.4 Å². The Hall–Kier alpha value is -7.21. The lowest BCUT2D eigenvalue weighted by Crippen LogP contribution is -2.22. The lowest BCUT2D eigenvalue weighted by molar-refractivity contribution is 0.771. The van der Waals surface area contributed by atoms with Crippen molar-refractivity contribution < 1.29 is 0 Å². The van der Waals surface area contributed by atoms with Crippen LogP contribution in [-0.4, -0.2) is 0 Å². The summed E-state index contributed by atoms with van der Waals surface area (Å²) in [6, 6.07) is 66.8. The van der Waals surface area contributed by atoms with Crippen LogP contribution in [0.1, 0.15) is 29.7 Å². The summed E-state index contributed by atoms with van der Waals surface area (Å²) in [5.74, 6) is 0.